The molecule has 0 atom stereocenters. The van der Waals surface area contributed by atoms with Crippen LogP contribution in [-0.4, -0.2) is 6.21 Å². The lowest BCUT2D eigenvalue weighted by atomic mass is 10.3. The predicted octanol–water partition coefficient (Wildman–Crippen LogP) is 3.36. The van der Waals surface area contributed by atoms with Crippen molar-refractivity contribution >= 4 is 11.9 Å². The fourth-order valence-electron chi connectivity index (χ4n) is 0.840. The molecule has 0 heterocycles. The maximum Gasteiger partial charge on any atom is 0.0629 e. The van der Waals surface area contributed by atoms with Crippen LogP contribution in [0.2, 0.25) is 0 Å². The van der Waals surface area contributed by atoms with Crippen molar-refractivity contribution in [3.05, 3.63) is 42.5 Å². The summed E-state index contributed by atoms with van der Waals surface area (Å²) >= 11 is 0. The second-order valence-electron chi connectivity index (χ2n) is 2.45. The van der Waals surface area contributed by atoms with Gasteiger partial charge in [-0.05, 0) is 24.6 Å². The van der Waals surface area contributed by atoms with Crippen molar-refractivity contribution in [1.82, 2.24) is 0 Å². The van der Waals surface area contributed by atoms with Crippen LogP contribution in [-0.2, 0) is 0 Å². The van der Waals surface area contributed by atoms with Crippen LogP contribution < -0.4 is 0 Å². The summed E-state index contributed by atoms with van der Waals surface area (Å²) in [6.45, 7) is 2.10. The molecular formula is C11H13N. The highest BCUT2D eigenvalue weighted by atomic mass is 14.7. The van der Waals surface area contributed by atoms with Gasteiger partial charge < -0.3 is 0 Å². The van der Waals surface area contributed by atoms with Crippen LogP contribution in [0.4, 0.5) is 5.69 Å². The zero-order chi connectivity index (χ0) is 8.65. The molecule has 0 N–H and O–H groups in total. The van der Waals surface area contributed by atoms with Crippen molar-refractivity contribution in [3.8, 4) is 0 Å². The molecule has 62 valence electrons. The Hall–Kier alpha value is -1.37. The standard InChI is InChI=1S/C11H13N/c1-2-3-7-10-12-11-8-5-4-6-9-11/h3-10H,2H2,1H3/b7-3-,12-10-. The molecule has 0 aliphatic heterocycles. The molecule has 0 bridgehead atoms. The maximum atomic E-state index is 4.23. The molecule has 0 saturated carbocycles. The fraction of sp³-hybridized carbons (Fsp3) is 0.182. The molecule has 0 aliphatic rings. The van der Waals surface area contributed by atoms with Crippen molar-refractivity contribution in [2.45, 2.75) is 13.3 Å². The molecule has 1 aromatic carbocycles. The number of benzene rings is 1. The van der Waals surface area contributed by atoms with Crippen LogP contribution >= 0.6 is 0 Å². The lowest BCUT2D eigenvalue weighted by Crippen LogP contribution is -1.65. The van der Waals surface area contributed by atoms with Crippen LogP contribution in [0.15, 0.2) is 47.5 Å². The molecular weight excluding hydrogens is 146 g/mol. The number of rotatable bonds is 3. The van der Waals surface area contributed by atoms with E-state index in [-0.39, 0.29) is 0 Å². The third-order valence-corrected chi connectivity index (χ3v) is 1.44. The Morgan fingerprint density at radius 3 is 2.67 bits per heavy atom. The molecule has 0 amide bonds. The molecule has 0 unspecified atom stereocenters. The molecule has 0 aliphatic carbocycles. The summed E-state index contributed by atoms with van der Waals surface area (Å²) < 4.78 is 0. The van der Waals surface area contributed by atoms with Crippen LogP contribution in [0.3, 0.4) is 0 Å². The first-order valence-corrected chi connectivity index (χ1v) is 4.17. The van der Waals surface area contributed by atoms with Crippen LogP contribution in [0, 0.1) is 0 Å². The third kappa shape index (κ3) is 3.15. The Labute approximate surface area is 73.5 Å². The van der Waals surface area contributed by atoms with E-state index in [1.54, 1.807) is 0 Å². The second-order valence-corrected chi connectivity index (χ2v) is 2.45. The average Bonchev–Trinajstić information content (AvgIpc) is 2.14. The van der Waals surface area contributed by atoms with Gasteiger partial charge in [-0.25, -0.2) is 0 Å². The van der Waals surface area contributed by atoms with Gasteiger partial charge in [-0.1, -0.05) is 31.2 Å². The topological polar surface area (TPSA) is 12.4 Å². The first-order valence-electron chi connectivity index (χ1n) is 4.17. The lowest BCUT2D eigenvalue weighted by Gasteiger charge is -1.87. The highest BCUT2D eigenvalue weighted by Crippen LogP contribution is 2.07. The van der Waals surface area contributed by atoms with Crippen molar-refractivity contribution in [3.63, 3.8) is 0 Å². The van der Waals surface area contributed by atoms with Gasteiger partial charge in [0.2, 0.25) is 0 Å². The number of allylic oxidation sites excluding steroid dienone is 2. The second kappa shape index (κ2) is 5.30. The van der Waals surface area contributed by atoms with Crippen molar-refractivity contribution in [2.75, 3.05) is 0 Å². The van der Waals surface area contributed by atoms with Crippen LogP contribution in [0.1, 0.15) is 13.3 Å². The number of nitrogens with zero attached hydrogens (tertiary/aromatic N) is 1. The van der Waals surface area contributed by atoms with Crippen LogP contribution in [0.5, 0.6) is 0 Å². The van der Waals surface area contributed by atoms with E-state index in [1.165, 1.54) is 0 Å². The van der Waals surface area contributed by atoms with Gasteiger partial charge >= 0.3 is 0 Å². The van der Waals surface area contributed by atoms with E-state index in [4.69, 9.17) is 0 Å². The van der Waals surface area contributed by atoms with E-state index in [2.05, 4.69) is 18.0 Å². The largest absolute Gasteiger partial charge is 0.257 e. The van der Waals surface area contributed by atoms with Gasteiger partial charge in [-0.2, -0.15) is 0 Å². The molecule has 0 saturated heterocycles. The summed E-state index contributed by atoms with van der Waals surface area (Å²) in [5.74, 6) is 0. The maximum absolute atomic E-state index is 4.23. The van der Waals surface area contributed by atoms with Crippen molar-refractivity contribution in [2.24, 2.45) is 4.99 Å². The van der Waals surface area contributed by atoms with E-state index in [9.17, 15) is 0 Å². The third-order valence-electron chi connectivity index (χ3n) is 1.44. The molecule has 0 radical (unpaired) electrons. The summed E-state index contributed by atoms with van der Waals surface area (Å²) in [6.07, 6.45) is 6.92. The highest BCUT2D eigenvalue weighted by molar-refractivity contribution is 5.74. The molecule has 1 heteroatoms. The first-order chi connectivity index (χ1) is 5.93. The molecule has 1 aromatic rings. The van der Waals surface area contributed by atoms with Crippen molar-refractivity contribution < 1.29 is 0 Å². The van der Waals surface area contributed by atoms with Gasteiger partial charge in [0, 0.05) is 6.21 Å². The minimum Gasteiger partial charge on any atom is -0.257 e. The van der Waals surface area contributed by atoms with E-state index in [0.717, 1.165) is 12.1 Å². The Balaban J connectivity index is 2.52. The zero-order valence-corrected chi connectivity index (χ0v) is 7.27. The summed E-state index contributed by atoms with van der Waals surface area (Å²) in [7, 11) is 0. The van der Waals surface area contributed by atoms with E-state index >= 15 is 0 Å². The molecule has 0 fully saturated rings. The molecule has 1 rings (SSSR count). The SMILES string of the molecule is CC/C=C\C=N/c1ccccc1. The monoisotopic (exact) mass is 159 g/mol. The quantitative estimate of drug-likeness (QED) is 0.600. The van der Waals surface area contributed by atoms with Gasteiger partial charge in [-0.3, -0.25) is 4.99 Å². The predicted molar refractivity (Wildman–Crippen MR) is 54.0 cm³/mol. The van der Waals surface area contributed by atoms with Gasteiger partial charge in [0.1, 0.15) is 0 Å². The van der Waals surface area contributed by atoms with Gasteiger partial charge in [0.05, 0.1) is 5.69 Å². The minimum absolute atomic E-state index is 0.998. The highest BCUT2D eigenvalue weighted by Gasteiger charge is 1.79. The average molecular weight is 159 g/mol. The number of para-hydroxylation sites is 1. The minimum atomic E-state index is 0.998. The van der Waals surface area contributed by atoms with E-state index < -0.39 is 0 Å². The first kappa shape index (κ1) is 8.72. The number of aliphatic imine (C=N–C) groups is 1. The van der Waals surface area contributed by atoms with Crippen LogP contribution in [0.25, 0.3) is 0 Å². The Bertz CT molecular complexity index is 260. The molecule has 12 heavy (non-hydrogen) atoms. The Morgan fingerprint density at radius 2 is 2.00 bits per heavy atom. The summed E-state index contributed by atoms with van der Waals surface area (Å²) in [4.78, 5) is 4.23. The number of hydrogen-bond donors (Lipinski definition) is 0. The Morgan fingerprint density at radius 1 is 1.25 bits per heavy atom. The molecule has 0 spiro atoms. The number of hydrogen-bond acceptors (Lipinski definition) is 1. The summed E-state index contributed by atoms with van der Waals surface area (Å²) in [5, 5.41) is 0. The smallest absolute Gasteiger partial charge is 0.0629 e. The van der Waals surface area contributed by atoms with Gasteiger partial charge in [0.25, 0.3) is 0 Å². The van der Waals surface area contributed by atoms with Gasteiger partial charge in [-0.15, -0.1) is 0 Å². The van der Waals surface area contributed by atoms with Crippen molar-refractivity contribution in [1.29, 1.82) is 0 Å². The summed E-state index contributed by atoms with van der Waals surface area (Å²) in [6, 6.07) is 9.92. The zero-order valence-electron chi connectivity index (χ0n) is 7.27. The summed E-state index contributed by atoms with van der Waals surface area (Å²) in [5.41, 5.74) is 0.998. The normalized spacial score (nSPS) is 11.4. The molecule has 1 nitrogen and oxygen atoms in total. The lowest BCUT2D eigenvalue weighted by molar-refractivity contribution is 1.23. The van der Waals surface area contributed by atoms with Gasteiger partial charge in [0.15, 0.2) is 0 Å². The fourth-order valence-corrected chi connectivity index (χ4v) is 0.840. The van der Waals surface area contributed by atoms with E-state index in [0.29, 0.717) is 0 Å². The van der Waals surface area contributed by atoms with E-state index in [1.807, 2.05) is 42.6 Å². The molecule has 0 aromatic heterocycles. The Kier molecular flexibility index (Phi) is 3.86.